The number of nitrogens with two attached hydrogens (primary N) is 1. The number of benzene rings is 3. The second-order valence-corrected chi connectivity index (χ2v) is 9.32. The number of hydrogen-bond acceptors (Lipinski definition) is 4. The van der Waals surface area contributed by atoms with E-state index in [1.54, 1.807) is 12.1 Å². The zero-order valence-electron chi connectivity index (χ0n) is 16.2. The Bertz CT molecular complexity index is 1200. The molecule has 3 aromatic rings. The molecule has 3 unspecified atom stereocenters. The number of nitrogens with one attached hydrogen (secondary N) is 1. The Kier molecular flexibility index (Phi) is 4.60. The molecule has 3 atom stereocenters. The monoisotopic (exact) mass is 418 g/mol. The summed E-state index contributed by atoms with van der Waals surface area (Å²) in [6, 6.07) is 23.1. The number of hydrogen-bond donors (Lipinski definition) is 2. The van der Waals surface area contributed by atoms with Gasteiger partial charge in [0.25, 0.3) is 0 Å². The molecule has 30 heavy (non-hydrogen) atoms. The molecule has 5 nitrogen and oxygen atoms in total. The first-order valence-corrected chi connectivity index (χ1v) is 11.5. The minimum absolute atomic E-state index is 0.128. The number of para-hydroxylation sites is 1. The van der Waals surface area contributed by atoms with E-state index in [9.17, 15) is 8.42 Å². The summed E-state index contributed by atoms with van der Waals surface area (Å²) in [5, 5.41) is 8.95. The van der Waals surface area contributed by atoms with E-state index in [1.807, 2.05) is 48.5 Å². The van der Waals surface area contributed by atoms with Crippen LogP contribution in [0, 0.1) is 5.92 Å². The third kappa shape index (κ3) is 3.49. The molecule has 0 saturated carbocycles. The molecule has 5 rings (SSSR count). The molecule has 6 heteroatoms. The Morgan fingerprint density at radius 1 is 0.933 bits per heavy atom. The van der Waals surface area contributed by atoms with Gasteiger partial charge in [0.2, 0.25) is 10.0 Å². The van der Waals surface area contributed by atoms with Crippen molar-refractivity contribution in [2.45, 2.75) is 23.3 Å². The van der Waals surface area contributed by atoms with E-state index < -0.39 is 10.0 Å². The molecule has 0 amide bonds. The fourth-order valence-corrected chi connectivity index (χ4v) is 5.00. The molecule has 3 N–H and O–H groups in total. The van der Waals surface area contributed by atoms with Crippen molar-refractivity contribution in [1.82, 2.24) is 0 Å². The average Bonchev–Trinajstić information content (AvgIpc) is 3.24. The van der Waals surface area contributed by atoms with Crippen LogP contribution >= 0.6 is 0 Å². The lowest BCUT2D eigenvalue weighted by molar-refractivity contribution is 0.424. The maximum absolute atomic E-state index is 11.8. The van der Waals surface area contributed by atoms with Gasteiger partial charge in [0.15, 0.2) is 0 Å². The van der Waals surface area contributed by atoms with E-state index in [-0.39, 0.29) is 16.9 Å². The SMILES string of the molecule is NS(=O)(=O)c1ccc2c(c1)C1C=CCC1C(c1ccc(Oc3ccccc3)cc1)N2. The van der Waals surface area contributed by atoms with Crippen LogP contribution in [0.4, 0.5) is 5.69 Å². The maximum atomic E-state index is 11.8. The van der Waals surface area contributed by atoms with Crippen molar-refractivity contribution in [3.63, 3.8) is 0 Å². The normalized spacial score (nSPS) is 22.1. The van der Waals surface area contributed by atoms with Gasteiger partial charge in [-0.3, -0.25) is 0 Å². The number of sulfonamides is 1. The molecule has 0 saturated heterocycles. The van der Waals surface area contributed by atoms with Crippen LogP contribution in [-0.4, -0.2) is 8.42 Å². The molecule has 0 spiro atoms. The van der Waals surface area contributed by atoms with Crippen LogP contribution in [0.25, 0.3) is 0 Å². The van der Waals surface area contributed by atoms with Crippen molar-refractivity contribution in [3.05, 3.63) is 96.1 Å². The van der Waals surface area contributed by atoms with Gasteiger partial charge in [-0.05, 0) is 65.9 Å². The smallest absolute Gasteiger partial charge is 0.238 e. The van der Waals surface area contributed by atoms with Gasteiger partial charge in [-0.1, -0.05) is 42.5 Å². The van der Waals surface area contributed by atoms with Crippen LogP contribution < -0.4 is 15.2 Å². The summed E-state index contributed by atoms with van der Waals surface area (Å²) >= 11 is 0. The zero-order chi connectivity index (χ0) is 20.7. The van der Waals surface area contributed by atoms with Crippen molar-refractivity contribution in [2.75, 3.05) is 5.32 Å². The molecule has 2 aliphatic rings. The van der Waals surface area contributed by atoms with E-state index in [4.69, 9.17) is 9.88 Å². The number of fused-ring (bicyclic) bond motifs is 3. The van der Waals surface area contributed by atoms with Gasteiger partial charge in [0.1, 0.15) is 11.5 Å². The summed E-state index contributed by atoms with van der Waals surface area (Å²) in [5.74, 6) is 2.07. The fourth-order valence-electron chi connectivity index (χ4n) is 4.45. The molecule has 152 valence electrons. The summed E-state index contributed by atoms with van der Waals surface area (Å²) in [4.78, 5) is 0.156. The quantitative estimate of drug-likeness (QED) is 0.587. The lowest BCUT2D eigenvalue weighted by Crippen LogP contribution is -2.29. The first kappa shape index (κ1) is 18.9. The third-order valence-electron chi connectivity index (χ3n) is 5.88. The Morgan fingerprint density at radius 2 is 1.67 bits per heavy atom. The molecule has 1 heterocycles. The predicted octanol–water partition coefficient (Wildman–Crippen LogP) is 4.95. The highest BCUT2D eigenvalue weighted by Gasteiger charge is 2.38. The van der Waals surface area contributed by atoms with Crippen LogP contribution in [0.3, 0.4) is 0 Å². The highest BCUT2D eigenvalue weighted by Crippen LogP contribution is 2.50. The Balaban J connectivity index is 1.43. The van der Waals surface area contributed by atoms with E-state index in [2.05, 4.69) is 29.6 Å². The minimum Gasteiger partial charge on any atom is -0.457 e. The summed E-state index contributed by atoms with van der Waals surface area (Å²) in [7, 11) is -3.73. The van der Waals surface area contributed by atoms with Gasteiger partial charge in [-0.15, -0.1) is 0 Å². The average molecular weight is 419 g/mol. The van der Waals surface area contributed by atoms with Gasteiger partial charge < -0.3 is 10.1 Å². The molecule has 1 aliphatic carbocycles. The molecular formula is C24H22N2O3S. The fraction of sp³-hybridized carbons (Fsp3) is 0.167. The highest BCUT2D eigenvalue weighted by molar-refractivity contribution is 7.89. The number of rotatable bonds is 4. The number of anilines is 1. The molecule has 0 fully saturated rings. The first-order valence-electron chi connectivity index (χ1n) is 9.92. The van der Waals surface area contributed by atoms with Crippen LogP contribution in [0.1, 0.15) is 29.5 Å². The first-order chi connectivity index (χ1) is 14.5. The Hall–Kier alpha value is -3.09. The van der Waals surface area contributed by atoms with Gasteiger partial charge in [0.05, 0.1) is 10.9 Å². The van der Waals surface area contributed by atoms with Crippen molar-refractivity contribution in [2.24, 2.45) is 11.1 Å². The second kappa shape index (κ2) is 7.31. The van der Waals surface area contributed by atoms with E-state index >= 15 is 0 Å². The standard InChI is InChI=1S/C24H22N2O3S/c25-30(27,28)19-13-14-23-22(15-19)20-7-4-8-21(20)24(26-23)16-9-11-18(12-10-16)29-17-5-2-1-3-6-17/h1-7,9-15,20-21,24,26H,8H2,(H2,25,27,28). The van der Waals surface area contributed by atoms with Crippen molar-refractivity contribution in [1.29, 1.82) is 0 Å². The van der Waals surface area contributed by atoms with Crippen LogP contribution in [-0.2, 0) is 10.0 Å². The maximum Gasteiger partial charge on any atom is 0.238 e. The summed E-state index contributed by atoms with van der Waals surface area (Å²) < 4.78 is 29.5. The largest absolute Gasteiger partial charge is 0.457 e. The number of ether oxygens (including phenoxy) is 1. The minimum atomic E-state index is -3.73. The highest BCUT2D eigenvalue weighted by atomic mass is 32.2. The van der Waals surface area contributed by atoms with E-state index in [1.165, 1.54) is 5.56 Å². The lowest BCUT2D eigenvalue weighted by Gasteiger charge is -2.37. The van der Waals surface area contributed by atoms with Gasteiger partial charge in [-0.2, -0.15) is 0 Å². The molecular weight excluding hydrogens is 396 g/mol. The van der Waals surface area contributed by atoms with Crippen molar-refractivity contribution >= 4 is 15.7 Å². The molecule has 0 radical (unpaired) electrons. The van der Waals surface area contributed by atoms with Crippen molar-refractivity contribution in [3.8, 4) is 11.5 Å². The molecule has 1 aliphatic heterocycles. The molecule has 3 aromatic carbocycles. The second-order valence-electron chi connectivity index (χ2n) is 7.75. The summed E-state index contributed by atoms with van der Waals surface area (Å²) in [6.45, 7) is 0. The number of primary sulfonamides is 1. The predicted molar refractivity (Wildman–Crippen MR) is 117 cm³/mol. The molecule has 0 bridgehead atoms. The Morgan fingerprint density at radius 3 is 2.40 bits per heavy atom. The third-order valence-corrected chi connectivity index (χ3v) is 6.79. The van der Waals surface area contributed by atoms with Crippen LogP contribution in [0.2, 0.25) is 0 Å². The summed E-state index contributed by atoms with van der Waals surface area (Å²) in [6.07, 6.45) is 5.29. The van der Waals surface area contributed by atoms with Gasteiger partial charge in [0, 0.05) is 11.6 Å². The zero-order valence-corrected chi connectivity index (χ0v) is 17.0. The van der Waals surface area contributed by atoms with Gasteiger partial charge >= 0.3 is 0 Å². The number of allylic oxidation sites excluding steroid dienone is 2. The van der Waals surface area contributed by atoms with E-state index in [0.29, 0.717) is 5.92 Å². The van der Waals surface area contributed by atoms with Crippen LogP contribution in [0.15, 0.2) is 89.8 Å². The summed E-state index contributed by atoms with van der Waals surface area (Å²) in [5.41, 5.74) is 3.11. The van der Waals surface area contributed by atoms with E-state index in [0.717, 1.165) is 29.2 Å². The van der Waals surface area contributed by atoms with Crippen LogP contribution in [0.5, 0.6) is 11.5 Å². The van der Waals surface area contributed by atoms with Crippen molar-refractivity contribution < 1.29 is 13.2 Å². The lowest BCUT2D eigenvalue weighted by atomic mass is 9.77. The topological polar surface area (TPSA) is 81.4 Å². The molecule has 0 aromatic heterocycles. The van der Waals surface area contributed by atoms with Gasteiger partial charge in [-0.25, -0.2) is 13.6 Å². The Labute approximate surface area is 176 Å².